The number of aryl methyl sites for hydroxylation is 1. The van der Waals surface area contributed by atoms with Gasteiger partial charge in [0, 0.05) is 41.6 Å². The smallest absolute Gasteiger partial charge is 0.253 e. The maximum atomic E-state index is 13.0. The van der Waals surface area contributed by atoms with Crippen LogP contribution in [0.2, 0.25) is 0 Å². The van der Waals surface area contributed by atoms with Gasteiger partial charge in [-0.2, -0.15) is 0 Å². The molecule has 8 heteroatoms. The van der Waals surface area contributed by atoms with E-state index in [1.165, 1.54) is 17.8 Å². The van der Waals surface area contributed by atoms with Crippen LogP contribution in [0.1, 0.15) is 61.0 Å². The minimum absolute atomic E-state index is 0.0288. The molecule has 1 aromatic heterocycles. The summed E-state index contributed by atoms with van der Waals surface area (Å²) in [5.74, 6) is -0.0884. The van der Waals surface area contributed by atoms with E-state index in [9.17, 15) is 14.4 Å². The van der Waals surface area contributed by atoms with E-state index < -0.39 is 0 Å². The van der Waals surface area contributed by atoms with Gasteiger partial charge in [-0.15, -0.1) is 11.3 Å². The van der Waals surface area contributed by atoms with Crippen molar-refractivity contribution in [3.63, 3.8) is 0 Å². The second kappa shape index (κ2) is 10.3. The molecule has 0 spiro atoms. The summed E-state index contributed by atoms with van der Waals surface area (Å²) < 4.78 is 0. The van der Waals surface area contributed by atoms with Crippen molar-refractivity contribution < 1.29 is 14.4 Å². The zero-order valence-corrected chi connectivity index (χ0v) is 19.2. The number of hydrogen-bond acceptors (Lipinski definition) is 5. The largest absolute Gasteiger partial charge is 0.339 e. The zero-order valence-electron chi connectivity index (χ0n) is 18.4. The third kappa shape index (κ3) is 5.54. The molecule has 7 nitrogen and oxygen atoms in total. The summed E-state index contributed by atoms with van der Waals surface area (Å²) >= 11 is 1.42. The van der Waals surface area contributed by atoms with Crippen molar-refractivity contribution in [3.05, 3.63) is 40.9 Å². The zero-order chi connectivity index (χ0) is 22.5. The van der Waals surface area contributed by atoms with Gasteiger partial charge >= 0.3 is 0 Å². The lowest BCUT2D eigenvalue weighted by molar-refractivity contribution is -0.121. The Morgan fingerprint density at radius 2 is 1.66 bits per heavy atom. The van der Waals surface area contributed by atoms with Crippen molar-refractivity contribution in [2.24, 2.45) is 11.8 Å². The Morgan fingerprint density at radius 3 is 2.34 bits per heavy atom. The average molecular weight is 455 g/mol. The number of nitrogens with one attached hydrogen (secondary N) is 2. The summed E-state index contributed by atoms with van der Waals surface area (Å²) in [5.41, 5.74) is 2.12. The molecule has 1 saturated carbocycles. The quantitative estimate of drug-likeness (QED) is 0.698. The summed E-state index contributed by atoms with van der Waals surface area (Å²) in [7, 11) is 0. The molecule has 3 amide bonds. The summed E-state index contributed by atoms with van der Waals surface area (Å²) in [5, 5.41) is 8.40. The fourth-order valence-corrected chi connectivity index (χ4v) is 5.18. The molecular formula is C24H30N4O3S. The van der Waals surface area contributed by atoms with Crippen LogP contribution in [0.25, 0.3) is 0 Å². The van der Waals surface area contributed by atoms with Gasteiger partial charge in [0.25, 0.3) is 5.91 Å². The van der Waals surface area contributed by atoms with Crippen molar-refractivity contribution in [2.45, 2.75) is 51.9 Å². The highest BCUT2D eigenvalue weighted by atomic mass is 32.1. The van der Waals surface area contributed by atoms with Crippen molar-refractivity contribution in [1.82, 2.24) is 9.88 Å². The molecule has 170 valence electrons. The molecule has 2 N–H and O–H groups in total. The molecule has 2 fully saturated rings. The molecule has 0 unspecified atom stereocenters. The molecule has 2 aliphatic rings. The SMILES string of the molecule is Cc1csc(NC(=O)C2CCN(C(=O)c3cccc(NC(=O)C4CCCCC4)c3)CC2)n1. The standard InChI is InChI=1S/C24H30N4O3S/c1-16-15-32-24(25-16)27-22(30)18-10-12-28(13-11-18)23(31)19-8-5-9-20(14-19)26-21(29)17-6-3-2-4-7-17/h5,8-9,14-15,17-18H,2-4,6-7,10-13H2,1H3,(H,26,29)(H,25,27,30). The van der Waals surface area contributed by atoms with Crippen molar-refractivity contribution in [2.75, 3.05) is 23.7 Å². The van der Waals surface area contributed by atoms with E-state index in [-0.39, 0.29) is 29.6 Å². The molecule has 2 aromatic rings. The van der Waals surface area contributed by atoms with Crippen molar-refractivity contribution in [1.29, 1.82) is 0 Å². The molecule has 0 radical (unpaired) electrons. The van der Waals surface area contributed by atoms with Gasteiger partial charge in [-0.25, -0.2) is 4.98 Å². The first-order valence-electron chi connectivity index (χ1n) is 11.4. The first kappa shape index (κ1) is 22.5. The van der Waals surface area contributed by atoms with Crippen LogP contribution in [0.3, 0.4) is 0 Å². The lowest BCUT2D eigenvalue weighted by atomic mass is 9.88. The van der Waals surface area contributed by atoms with Crippen LogP contribution in [-0.4, -0.2) is 40.7 Å². The van der Waals surface area contributed by atoms with Crippen molar-refractivity contribution in [3.8, 4) is 0 Å². The summed E-state index contributed by atoms with van der Waals surface area (Å²) in [4.78, 5) is 44.1. The Balaban J connectivity index is 1.30. The summed E-state index contributed by atoms with van der Waals surface area (Å²) in [6.07, 6.45) is 6.54. The molecule has 0 bridgehead atoms. The van der Waals surface area contributed by atoms with Gasteiger partial charge in [0.15, 0.2) is 5.13 Å². The fraction of sp³-hybridized carbons (Fsp3) is 0.500. The number of amides is 3. The van der Waals surface area contributed by atoms with Gasteiger partial charge in [0.2, 0.25) is 11.8 Å². The minimum Gasteiger partial charge on any atom is -0.339 e. The first-order valence-corrected chi connectivity index (χ1v) is 12.3. The number of anilines is 2. The highest BCUT2D eigenvalue weighted by molar-refractivity contribution is 7.13. The van der Waals surface area contributed by atoms with Crippen LogP contribution in [0.4, 0.5) is 10.8 Å². The van der Waals surface area contributed by atoms with Gasteiger partial charge in [0.1, 0.15) is 0 Å². The Kier molecular flexibility index (Phi) is 7.19. The number of rotatable bonds is 5. The van der Waals surface area contributed by atoms with Gasteiger partial charge in [-0.05, 0) is 50.8 Å². The van der Waals surface area contributed by atoms with Gasteiger partial charge < -0.3 is 15.5 Å². The number of carbonyl (C=O) groups is 3. The molecule has 4 rings (SSSR count). The minimum atomic E-state index is -0.121. The third-order valence-corrected chi connectivity index (χ3v) is 7.23. The summed E-state index contributed by atoms with van der Waals surface area (Å²) in [6, 6.07) is 7.17. The third-order valence-electron chi connectivity index (χ3n) is 6.36. The van der Waals surface area contributed by atoms with Crippen LogP contribution >= 0.6 is 11.3 Å². The van der Waals surface area contributed by atoms with E-state index >= 15 is 0 Å². The van der Waals surface area contributed by atoms with Crippen LogP contribution in [-0.2, 0) is 9.59 Å². The number of likely N-dealkylation sites (tertiary alicyclic amines) is 1. The second-order valence-electron chi connectivity index (χ2n) is 8.75. The molecule has 2 heterocycles. The lowest BCUT2D eigenvalue weighted by Gasteiger charge is -2.31. The molecule has 1 aromatic carbocycles. The Labute approximate surface area is 192 Å². The molecular weight excluding hydrogens is 424 g/mol. The van der Waals surface area contributed by atoms with Crippen LogP contribution < -0.4 is 10.6 Å². The molecule has 32 heavy (non-hydrogen) atoms. The van der Waals surface area contributed by atoms with Gasteiger partial charge in [0.05, 0.1) is 5.69 Å². The monoisotopic (exact) mass is 454 g/mol. The molecule has 1 saturated heterocycles. The Bertz CT molecular complexity index is 975. The number of piperidine rings is 1. The average Bonchev–Trinajstić information content (AvgIpc) is 3.23. The second-order valence-corrected chi connectivity index (χ2v) is 9.61. The van der Waals surface area contributed by atoms with Crippen molar-refractivity contribution >= 4 is 39.9 Å². The number of benzene rings is 1. The van der Waals surface area contributed by atoms with E-state index in [0.29, 0.717) is 42.3 Å². The predicted molar refractivity (Wildman–Crippen MR) is 126 cm³/mol. The van der Waals surface area contributed by atoms with Gasteiger partial charge in [-0.3, -0.25) is 14.4 Å². The van der Waals surface area contributed by atoms with Crippen LogP contribution in [0.5, 0.6) is 0 Å². The molecule has 1 aliphatic carbocycles. The van der Waals surface area contributed by atoms with E-state index in [0.717, 1.165) is 31.4 Å². The van der Waals surface area contributed by atoms with E-state index in [1.807, 2.05) is 18.4 Å². The number of carbonyl (C=O) groups excluding carboxylic acids is 3. The lowest BCUT2D eigenvalue weighted by Crippen LogP contribution is -2.41. The summed E-state index contributed by atoms with van der Waals surface area (Å²) in [6.45, 7) is 2.96. The maximum absolute atomic E-state index is 13.0. The Morgan fingerprint density at radius 1 is 0.969 bits per heavy atom. The Hall–Kier alpha value is -2.74. The molecule has 0 atom stereocenters. The number of nitrogens with zero attached hydrogens (tertiary/aromatic N) is 2. The number of thiazole rings is 1. The highest BCUT2D eigenvalue weighted by Gasteiger charge is 2.28. The van der Waals surface area contributed by atoms with E-state index in [2.05, 4.69) is 15.6 Å². The van der Waals surface area contributed by atoms with Gasteiger partial charge in [-0.1, -0.05) is 25.3 Å². The topological polar surface area (TPSA) is 91.4 Å². The van der Waals surface area contributed by atoms with Crippen LogP contribution in [0.15, 0.2) is 29.6 Å². The fourth-order valence-electron chi connectivity index (χ4n) is 4.49. The van der Waals surface area contributed by atoms with Crippen LogP contribution in [0, 0.1) is 18.8 Å². The predicted octanol–water partition coefficient (Wildman–Crippen LogP) is 4.46. The number of hydrogen-bond donors (Lipinski definition) is 2. The van der Waals surface area contributed by atoms with E-state index in [4.69, 9.17) is 0 Å². The van der Waals surface area contributed by atoms with E-state index in [1.54, 1.807) is 23.1 Å². The molecule has 1 aliphatic heterocycles. The highest BCUT2D eigenvalue weighted by Crippen LogP contribution is 2.26. The maximum Gasteiger partial charge on any atom is 0.253 e. The number of aromatic nitrogens is 1. The normalized spacial score (nSPS) is 17.7. The first-order chi connectivity index (χ1) is 15.5.